The lowest BCUT2D eigenvalue weighted by Crippen LogP contribution is -2.33. The molecule has 2 aromatic heterocycles. The third-order valence-corrected chi connectivity index (χ3v) is 5.37. The van der Waals surface area contributed by atoms with Crippen molar-refractivity contribution in [3.8, 4) is 0 Å². The normalized spacial score (nSPS) is 15.2. The van der Waals surface area contributed by atoms with Crippen LogP contribution in [0.15, 0.2) is 41.3 Å². The van der Waals surface area contributed by atoms with Crippen LogP contribution in [0, 0.1) is 6.92 Å². The summed E-state index contributed by atoms with van der Waals surface area (Å²) >= 11 is 0. The summed E-state index contributed by atoms with van der Waals surface area (Å²) in [6, 6.07) is 7.10. The van der Waals surface area contributed by atoms with E-state index < -0.39 is 11.7 Å². The van der Waals surface area contributed by atoms with E-state index in [0.29, 0.717) is 22.4 Å². The minimum atomic E-state index is -4.50. The third kappa shape index (κ3) is 4.34. The van der Waals surface area contributed by atoms with Crippen LogP contribution in [-0.4, -0.2) is 27.6 Å². The fraction of sp³-hybridized carbons (Fsp3) is 0.381. The Morgan fingerprint density at radius 3 is 2.60 bits per heavy atom. The molecule has 0 aliphatic carbocycles. The second-order valence-corrected chi connectivity index (χ2v) is 7.39. The number of nitrogens with one attached hydrogen (secondary N) is 1. The number of pyridine rings is 1. The SMILES string of the molecule is Cc1cnc2c(cc(C3CCNCC3)c(=O)n2Cc2ccccc2C(F)(F)F)n1.Cl. The molecule has 1 N–H and O–H groups in total. The summed E-state index contributed by atoms with van der Waals surface area (Å²) in [5.41, 5.74) is 1.12. The van der Waals surface area contributed by atoms with Crippen molar-refractivity contribution in [1.29, 1.82) is 0 Å². The number of benzene rings is 1. The van der Waals surface area contributed by atoms with E-state index in [4.69, 9.17) is 0 Å². The largest absolute Gasteiger partial charge is 0.416 e. The number of fused-ring (bicyclic) bond motifs is 1. The first-order valence-electron chi connectivity index (χ1n) is 9.57. The van der Waals surface area contributed by atoms with Gasteiger partial charge in [-0.25, -0.2) is 9.97 Å². The Kier molecular flexibility index (Phi) is 6.47. The van der Waals surface area contributed by atoms with E-state index in [-0.39, 0.29) is 36.0 Å². The van der Waals surface area contributed by atoms with Crippen molar-refractivity contribution in [2.24, 2.45) is 0 Å². The maximum absolute atomic E-state index is 13.5. The minimum Gasteiger partial charge on any atom is -0.317 e. The quantitative estimate of drug-likeness (QED) is 0.670. The van der Waals surface area contributed by atoms with Gasteiger partial charge in [0.2, 0.25) is 0 Å². The summed E-state index contributed by atoms with van der Waals surface area (Å²) < 4.78 is 41.7. The number of halogens is 4. The molecule has 3 aromatic rings. The minimum absolute atomic E-state index is 0. The standard InChI is InChI=1S/C21H21F3N4O.ClH/c1-13-11-26-19-18(27-13)10-16(14-6-8-25-9-7-14)20(29)28(19)12-15-4-2-3-5-17(15)21(22,23)24;/h2-5,10-11,14,25H,6-9,12H2,1H3;1H. The van der Waals surface area contributed by atoms with Gasteiger partial charge >= 0.3 is 6.18 Å². The van der Waals surface area contributed by atoms with Crippen molar-refractivity contribution >= 4 is 23.6 Å². The summed E-state index contributed by atoms with van der Waals surface area (Å²) in [5.74, 6) is 0.0552. The Bertz CT molecular complexity index is 1110. The smallest absolute Gasteiger partial charge is 0.317 e. The van der Waals surface area contributed by atoms with E-state index in [1.807, 2.05) is 0 Å². The van der Waals surface area contributed by atoms with Crippen LogP contribution in [0.2, 0.25) is 0 Å². The second-order valence-electron chi connectivity index (χ2n) is 7.39. The molecule has 3 heterocycles. The van der Waals surface area contributed by atoms with Crippen molar-refractivity contribution < 1.29 is 13.2 Å². The molecule has 160 valence electrons. The number of hydrogen-bond acceptors (Lipinski definition) is 4. The maximum atomic E-state index is 13.5. The summed E-state index contributed by atoms with van der Waals surface area (Å²) in [5, 5.41) is 3.27. The van der Waals surface area contributed by atoms with Gasteiger partial charge < -0.3 is 5.32 Å². The summed E-state index contributed by atoms with van der Waals surface area (Å²) in [6.45, 7) is 3.20. The lowest BCUT2D eigenvalue weighted by molar-refractivity contribution is -0.138. The molecule has 5 nitrogen and oxygen atoms in total. The fourth-order valence-corrected chi connectivity index (χ4v) is 3.93. The second kappa shape index (κ2) is 8.73. The van der Waals surface area contributed by atoms with Crippen molar-refractivity contribution in [2.75, 3.05) is 13.1 Å². The van der Waals surface area contributed by atoms with Gasteiger partial charge in [-0.2, -0.15) is 13.2 Å². The van der Waals surface area contributed by atoms with E-state index >= 15 is 0 Å². The van der Waals surface area contributed by atoms with Gasteiger partial charge in [0.15, 0.2) is 5.65 Å². The van der Waals surface area contributed by atoms with Crippen molar-refractivity contribution in [3.63, 3.8) is 0 Å². The summed E-state index contributed by atoms with van der Waals surface area (Å²) in [7, 11) is 0. The number of aryl methyl sites for hydroxylation is 1. The van der Waals surface area contributed by atoms with Crippen LogP contribution < -0.4 is 10.9 Å². The van der Waals surface area contributed by atoms with E-state index in [2.05, 4.69) is 15.3 Å². The van der Waals surface area contributed by atoms with Crippen LogP contribution in [-0.2, 0) is 12.7 Å². The molecule has 1 aliphatic rings. The predicted octanol–water partition coefficient (Wildman–Crippen LogP) is 4.06. The number of hydrogen-bond donors (Lipinski definition) is 1. The number of piperidine rings is 1. The highest BCUT2D eigenvalue weighted by Crippen LogP contribution is 2.32. The number of rotatable bonds is 3. The van der Waals surface area contributed by atoms with E-state index in [9.17, 15) is 18.0 Å². The number of nitrogens with zero attached hydrogens (tertiary/aromatic N) is 3. The molecule has 1 aliphatic heterocycles. The molecule has 9 heteroatoms. The molecular weight excluding hydrogens is 417 g/mol. The Labute approximate surface area is 177 Å². The zero-order chi connectivity index (χ0) is 20.6. The molecule has 4 rings (SSSR count). The molecule has 0 unspecified atom stereocenters. The van der Waals surface area contributed by atoms with Gasteiger partial charge in [-0.15, -0.1) is 12.4 Å². The molecule has 0 saturated carbocycles. The molecule has 1 fully saturated rings. The first kappa shape index (κ1) is 22.2. The Hall–Kier alpha value is -2.45. The highest BCUT2D eigenvalue weighted by Gasteiger charge is 2.33. The maximum Gasteiger partial charge on any atom is 0.416 e. The highest BCUT2D eigenvalue weighted by molar-refractivity contribution is 5.85. The molecule has 0 amide bonds. The first-order chi connectivity index (χ1) is 13.8. The lowest BCUT2D eigenvalue weighted by Gasteiger charge is -2.24. The Morgan fingerprint density at radius 2 is 1.90 bits per heavy atom. The van der Waals surface area contributed by atoms with Gasteiger partial charge in [-0.3, -0.25) is 9.36 Å². The van der Waals surface area contributed by atoms with Crippen molar-refractivity contribution in [1.82, 2.24) is 19.9 Å². The van der Waals surface area contributed by atoms with Crippen molar-refractivity contribution in [2.45, 2.75) is 38.4 Å². The molecule has 0 radical (unpaired) electrons. The lowest BCUT2D eigenvalue weighted by atomic mass is 9.91. The van der Waals surface area contributed by atoms with E-state index in [1.54, 1.807) is 19.1 Å². The van der Waals surface area contributed by atoms with Crippen LogP contribution in [0.25, 0.3) is 11.2 Å². The zero-order valence-corrected chi connectivity index (χ0v) is 17.2. The van der Waals surface area contributed by atoms with Crippen LogP contribution >= 0.6 is 12.4 Å². The summed E-state index contributed by atoms with van der Waals surface area (Å²) in [6.07, 6.45) is -1.36. The molecule has 0 bridgehead atoms. The topological polar surface area (TPSA) is 59.8 Å². The van der Waals surface area contributed by atoms with Gasteiger partial charge in [0.05, 0.1) is 24.0 Å². The van der Waals surface area contributed by atoms with Gasteiger partial charge in [0, 0.05) is 5.56 Å². The molecular formula is C21H22ClF3N4O. The predicted molar refractivity (Wildman–Crippen MR) is 111 cm³/mol. The van der Waals surface area contributed by atoms with Crippen LogP contribution in [0.5, 0.6) is 0 Å². The Balaban J connectivity index is 0.00000256. The Morgan fingerprint density at radius 1 is 1.20 bits per heavy atom. The molecule has 0 spiro atoms. The molecule has 1 aromatic carbocycles. The van der Waals surface area contributed by atoms with Gasteiger partial charge in [-0.05, 0) is 56.5 Å². The average Bonchev–Trinajstić information content (AvgIpc) is 2.70. The molecule has 30 heavy (non-hydrogen) atoms. The van der Waals surface area contributed by atoms with Crippen LogP contribution in [0.4, 0.5) is 13.2 Å². The molecule has 0 atom stereocenters. The zero-order valence-electron chi connectivity index (χ0n) is 16.4. The van der Waals surface area contributed by atoms with E-state index in [1.165, 1.54) is 22.9 Å². The van der Waals surface area contributed by atoms with Crippen molar-refractivity contribution in [3.05, 3.63) is 69.3 Å². The average molecular weight is 439 g/mol. The monoisotopic (exact) mass is 438 g/mol. The van der Waals surface area contributed by atoms with E-state index in [0.717, 1.165) is 32.0 Å². The van der Waals surface area contributed by atoms with Gasteiger partial charge in [0.1, 0.15) is 5.52 Å². The fourth-order valence-electron chi connectivity index (χ4n) is 3.93. The van der Waals surface area contributed by atoms with Crippen LogP contribution in [0.3, 0.4) is 0 Å². The number of alkyl halides is 3. The van der Waals surface area contributed by atoms with Gasteiger partial charge in [0.25, 0.3) is 5.56 Å². The molecule has 1 saturated heterocycles. The highest BCUT2D eigenvalue weighted by atomic mass is 35.5. The van der Waals surface area contributed by atoms with Crippen LogP contribution in [0.1, 0.15) is 41.1 Å². The number of aromatic nitrogens is 3. The first-order valence-corrected chi connectivity index (χ1v) is 9.57. The van der Waals surface area contributed by atoms with Gasteiger partial charge in [-0.1, -0.05) is 18.2 Å². The third-order valence-electron chi connectivity index (χ3n) is 5.37. The summed E-state index contributed by atoms with van der Waals surface area (Å²) in [4.78, 5) is 22.1.